The first kappa shape index (κ1) is 10.3. The van der Waals surface area contributed by atoms with Crippen LogP contribution in [0.5, 0.6) is 0 Å². The Hall–Kier alpha value is -1.23. The molecule has 0 aromatic carbocycles. The van der Waals surface area contributed by atoms with Gasteiger partial charge in [-0.15, -0.1) is 0 Å². The van der Waals surface area contributed by atoms with E-state index in [4.69, 9.17) is 4.52 Å². The molecular weight excluding hydrogens is 194 g/mol. The van der Waals surface area contributed by atoms with Gasteiger partial charge >= 0.3 is 0 Å². The van der Waals surface area contributed by atoms with Gasteiger partial charge in [0.15, 0.2) is 5.82 Å². The summed E-state index contributed by atoms with van der Waals surface area (Å²) in [5, 5.41) is 3.89. The van der Waals surface area contributed by atoms with Gasteiger partial charge < -0.3 is 4.52 Å². The van der Waals surface area contributed by atoms with Crippen molar-refractivity contribution >= 4 is 5.78 Å². The zero-order valence-electron chi connectivity index (χ0n) is 8.90. The van der Waals surface area contributed by atoms with Crippen LogP contribution in [-0.2, 0) is 17.8 Å². The van der Waals surface area contributed by atoms with Gasteiger partial charge in [0, 0.05) is 32.4 Å². The van der Waals surface area contributed by atoms with Crippen LogP contribution in [0, 0.1) is 0 Å². The van der Waals surface area contributed by atoms with Crippen molar-refractivity contribution in [2.75, 3.05) is 13.1 Å². The summed E-state index contributed by atoms with van der Waals surface area (Å²) in [6.07, 6.45) is 2.07. The number of aromatic nitrogens is 2. The number of hydrogen-bond acceptors (Lipinski definition) is 5. The van der Waals surface area contributed by atoms with E-state index in [0.717, 1.165) is 25.3 Å². The number of hydrogen-bond donors (Lipinski definition) is 0. The molecule has 1 aliphatic heterocycles. The van der Waals surface area contributed by atoms with Gasteiger partial charge in [-0.1, -0.05) is 12.1 Å². The van der Waals surface area contributed by atoms with Crippen molar-refractivity contribution in [1.82, 2.24) is 15.0 Å². The van der Waals surface area contributed by atoms with Gasteiger partial charge in [0.25, 0.3) is 0 Å². The Morgan fingerprint density at radius 2 is 2.13 bits per heavy atom. The summed E-state index contributed by atoms with van der Waals surface area (Å²) in [6.45, 7) is 4.30. The maximum absolute atomic E-state index is 11.0. The van der Waals surface area contributed by atoms with Crippen LogP contribution >= 0.6 is 0 Å². The molecule has 5 heteroatoms. The molecule has 0 aliphatic carbocycles. The predicted molar refractivity (Wildman–Crippen MR) is 53.2 cm³/mol. The number of carbonyl (C=O) groups excluding carboxylic acids is 1. The summed E-state index contributed by atoms with van der Waals surface area (Å²) in [5.41, 5.74) is 0. The molecule has 15 heavy (non-hydrogen) atoms. The van der Waals surface area contributed by atoms with Gasteiger partial charge in [-0.2, -0.15) is 4.98 Å². The highest BCUT2D eigenvalue weighted by Crippen LogP contribution is 2.09. The molecule has 0 atom stereocenters. The van der Waals surface area contributed by atoms with E-state index in [0.29, 0.717) is 31.1 Å². The summed E-state index contributed by atoms with van der Waals surface area (Å²) < 4.78 is 5.02. The molecule has 1 saturated heterocycles. The predicted octanol–water partition coefficient (Wildman–Crippen LogP) is 0.797. The van der Waals surface area contributed by atoms with Crippen molar-refractivity contribution in [1.29, 1.82) is 0 Å². The number of ketones is 1. The van der Waals surface area contributed by atoms with E-state index in [1.165, 1.54) is 0 Å². The molecule has 1 aliphatic rings. The third-order valence-electron chi connectivity index (χ3n) is 2.59. The van der Waals surface area contributed by atoms with Crippen LogP contribution in [0.15, 0.2) is 4.52 Å². The van der Waals surface area contributed by atoms with Crippen LogP contribution in [0.25, 0.3) is 0 Å². The summed E-state index contributed by atoms with van der Waals surface area (Å²) in [5.74, 6) is 1.76. The molecule has 1 fully saturated rings. The quantitative estimate of drug-likeness (QED) is 0.736. The monoisotopic (exact) mass is 209 g/mol. The minimum Gasteiger partial charge on any atom is -0.339 e. The van der Waals surface area contributed by atoms with E-state index >= 15 is 0 Å². The van der Waals surface area contributed by atoms with Gasteiger partial charge in [-0.05, 0) is 0 Å². The standard InChI is InChI=1S/C10H15N3O2/c1-2-10-11-9(12-15-10)7-13-5-3-8(14)4-6-13/h2-7H2,1H3. The van der Waals surface area contributed by atoms with Crippen molar-refractivity contribution in [2.24, 2.45) is 0 Å². The Balaban J connectivity index is 1.88. The highest BCUT2D eigenvalue weighted by molar-refractivity contribution is 5.79. The molecule has 0 amide bonds. The number of Topliss-reactive ketones (excluding diaryl/α,β-unsaturated/α-hetero) is 1. The van der Waals surface area contributed by atoms with E-state index < -0.39 is 0 Å². The molecule has 82 valence electrons. The SMILES string of the molecule is CCc1nc(CN2CCC(=O)CC2)no1. The maximum atomic E-state index is 11.0. The molecule has 1 aromatic heterocycles. The molecule has 0 bridgehead atoms. The molecule has 0 saturated carbocycles. The number of likely N-dealkylation sites (tertiary alicyclic amines) is 1. The topological polar surface area (TPSA) is 59.2 Å². The second-order valence-electron chi connectivity index (χ2n) is 3.77. The summed E-state index contributed by atoms with van der Waals surface area (Å²) in [6, 6.07) is 0. The molecule has 0 radical (unpaired) electrons. The smallest absolute Gasteiger partial charge is 0.226 e. The second kappa shape index (κ2) is 4.53. The van der Waals surface area contributed by atoms with Crippen LogP contribution in [0.1, 0.15) is 31.5 Å². The van der Waals surface area contributed by atoms with Gasteiger partial charge in [0.05, 0.1) is 6.54 Å². The lowest BCUT2D eigenvalue weighted by Gasteiger charge is -2.23. The highest BCUT2D eigenvalue weighted by Gasteiger charge is 2.17. The third kappa shape index (κ3) is 2.62. The van der Waals surface area contributed by atoms with E-state index in [1.807, 2.05) is 6.92 Å². The molecule has 2 heterocycles. The van der Waals surface area contributed by atoms with Gasteiger partial charge in [0.2, 0.25) is 5.89 Å². The molecule has 0 N–H and O–H groups in total. The molecule has 2 rings (SSSR count). The Morgan fingerprint density at radius 3 is 2.73 bits per heavy atom. The van der Waals surface area contributed by atoms with Crippen LogP contribution < -0.4 is 0 Å². The summed E-state index contributed by atoms with van der Waals surface area (Å²) in [7, 11) is 0. The van der Waals surface area contributed by atoms with Crippen LogP contribution in [-0.4, -0.2) is 33.9 Å². The lowest BCUT2D eigenvalue weighted by atomic mass is 10.1. The number of rotatable bonds is 3. The number of aryl methyl sites for hydroxylation is 1. The minimum atomic E-state index is 0.355. The number of nitrogens with zero attached hydrogens (tertiary/aromatic N) is 3. The highest BCUT2D eigenvalue weighted by atomic mass is 16.5. The largest absolute Gasteiger partial charge is 0.339 e. The average Bonchev–Trinajstić information content (AvgIpc) is 2.69. The first-order valence-corrected chi connectivity index (χ1v) is 5.33. The van der Waals surface area contributed by atoms with E-state index in [9.17, 15) is 4.79 Å². The fourth-order valence-corrected chi connectivity index (χ4v) is 1.66. The van der Waals surface area contributed by atoms with Crippen molar-refractivity contribution < 1.29 is 9.32 Å². The zero-order valence-corrected chi connectivity index (χ0v) is 8.90. The fourth-order valence-electron chi connectivity index (χ4n) is 1.66. The first-order valence-electron chi connectivity index (χ1n) is 5.33. The Morgan fingerprint density at radius 1 is 1.40 bits per heavy atom. The summed E-state index contributed by atoms with van der Waals surface area (Å²) >= 11 is 0. The van der Waals surface area contributed by atoms with Crippen LogP contribution in [0.4, 0.5) is 0 Å². The van der Waals surface area contributed by atoms with E-state index in [2.05, 4.69) is 15.0 Å². The Kier molecular flexibility index (Phi) is 3.11. The molecular formula is C10H15N3O2. The maximum Gasteiger partial charge on any atom is 0.226 e. The Labute approximate surface area is 88.5 Å². The average molecular weight is 209 g/mol. The number of carbonyl (C=O) groups is 1. The zero-order chi connectivity index (χ0) is 10.7. The van der Waals surface area contributed by atoms with Gasteiger partial charge in [-0.3, -0.25) is 9.69 Å². The summed E-state index contributed by atoms with van der Waals surface area (Å²) in [4.78, 5) is 17.5. The molecule has 0 unspecified atom stereocenters. The molecule has 0 spiro atoms. The van der Waals surface area contributed by atoms with Crippen molar-refractivity contribution in [3.8, 4) is 0 Å². The van der Waals surface area contributed by atoms with Crippen LogP contribution in [0.2, 0.25) is 0 Å². The van der Waals surface area contributed by atoms with Crippen LogP contribution in [0.3, 0.4) is 0 Å². The van der Waals surface area contributed by atoms with Crippen molar-refractivity contribution in [3.63, 3.8) is 0 Å². The Bertz CT molecular complexity index is 338. The fraction of sp³-hybridized carbons (Fsp3) is 0.700. The third-order valence-corrected chi connectivity index (χ3v) is 2.59. The second-order valence-corrected chi connectivity index (χ2v) is 3.77. The molecule has 1 aromatic rings. The van der Waals surface area contributed by atoms with Crippen molar-refractivity contribution in [3.05, 3.63) is 11.7 Å². The van der Waals surface area contributed by atoms with E-state index in [1.54, 1.807) is 0 Å². The van der Waals surface area contributed by atoms with E-state index in [-0.39, 0.29) is 0 Å². The number of piperidine rings is 1. The normalized spacial score (nSPS) is 18.3. The first-order chi connectivity index (χ1) is 7.28. The lowest BCUT2D eigenvalue weighted by Crippen LogP contribution is -2.33. The van der Waals surface area contributed by atoms with Gasteiger partial charge in [0.1, 0.15) is 5.78 Å². The van der Waals surface area contributed by atoms with Gasteiger partial charge in [-0.25, -0.2) is 0 Å². The molecule has 5 nitrogen and oxygen atoms in total. The minimum absolute atomic E-state index is 0.355. The van der Waals surface area contributed by atoms with Crippen molar-refractivity contribution in [2.45, 2.75) is 32.7 Å². The lowest BCUT2D eigenvalue weighted by molar-refractivity contribution is -0.121.